The van der Waals surface area contributed by atoms with E-state index in [1.54, 1.807) is 19.1 Å². The van der Waals surface area contributed by atoms with Gasteiger partial charge in [-0.2, -0.15) is 0 Å². The molecule has 0 bridgehead atoms. The van der Waals surface area contributed by atoms with E-state index in [9.17, 15) is 14.9 Å². The van der Waals surface area contributed by atoms with E-state index in [4.69, 9.17) is 16.3 Å². The Hall–Kier alpha value is -1.88. The molecular weight excluding hydrogens is 258 g/mol. The quantitative estimate of drug-likeness (QED) is 0.271. The summed E-state index contributed by atoms with van der Waals surface area (Å²) in [5.74, 6) is -0.499. The van der Waals surface area contributed by atoms with Crippen molar-refractivity contribution in [3.8, 4) is 0 Å². The van der Waals surface area contributed by atoms with Crippen LogP contribution in [0.4, 0.5) is 5.69 Å². The van der Waals surface area contributed by atoms with E-state index in [2.05, 4.69) is 0 Å². The lowest BCUT2D eigenvalue weighted by atomic mass is 10.2. The van der Waals surface area contributed by atoms with E-state index < -0.39 is 10.9 Å². The van der Waals surface area contributed by atoms with Crippen LogP contribution in [0.25, 0.3) is 6.08 Å². The number of alkyl halides is 1. The van der Waals surface area contributed by atoms with Crippen molar-refractivity contribution in [2.75, 3.05) is 6.61 Å². The Kier molecular flexibility index (Phi) is 5.32. The van der Waals surface area contributed by atoms with Gasteiger partial charge in [0, 0.05) is 18.2 Å². The number of benzene rings is 1. The van der Waals surface area contributed by atoms with Crippen molar-refractivity contribution >= 4 is 29.3 Å². The molecule has 0 aromatic heterocycles. The molecular formula is C12H12ClNO4. The van der Waals surface area contributed by atoms with E-state index in [1.807, 2.05) is 0 Å². The van der Waals surface area contributed by atoms with Crippen LogP contribution in [0.3, 0.4) is 0 Å². The van der Waals surface area contributed by atoms with Crippen LogP contribution in [-0.2, 0) is 9.53 Å². The molecule has 1 unspecified atom stereocenters. The van der Waals surface area contributed by atoms with Gasteiger partial charge in [0.1, 0.15) is 6.61 Å². The van der Waals surface area contributed by atoms with Gasteiger partial charge in [-0.15, -0.1) is 11.6 Å². The summed E-state index contributed by atoms with van der Waals surface area (Å²) in [7, 11) is 0. The van der Waals surface area contributed by atoms with Crippen molar-refractivity contribution in [3.05, 3.63) is 46.0 Å². The number of halogens is 1. The number of nitro benzene ring substituents is 1. The standard InChI is InChI=1S/C12H12ClNO4/c1-9(13)8-18-12(15)7-4-10-2-5-11(6-3-10)14(16)17/h2-7,9H,8H2,1H3. The van der Waals surface area contributed by atoms with Gasteiger partial charge in [-0.3, -0.25) is 10.1 Å². The Balaban J connectivity index is 2.56. The van der Waals surface area contributed by atoms with E-state index in [0.717, 1.165) is 0 Å². The number of carbonyl (C=O) groups excluding carboxylic acids is 1. The van der Waals surface area contributed by atoms with Gasteiger partial charge in [0.25, 0.3) is 5.69 Å². The van der Waals surface area contributed by atoms with Crippen LogP contribution in [0, 0.1) is 10.1 Å². The number of hydrogen-bond donors (Lipinski definition) is 0. The molecule has 0 aliphatic heterocycles. The highest BCUT2D eigenvalue weighted by Crippen LogP contribution is 2.12. The average Bonchev–Trinajstić information content (AvgIpc) is 2.34. The summed E-state index contributed by atoms with van der Waals surface area (Å²) in [6.45, 7) is 1.86. The van der Waals surface area contributed by atoms with E-state index in [-0.39, 0.29) is 17.7 Å². The first-order valence-electron chi connectivity index (χ1n) is 5.22. The van der Waals surface area contributed by atoms with Crippen LogP contribution < -0.4 is 0 Å². The van der Waals surface area contributed by atoms with Gasteiger partial charge < -0.3 is 4.74 Å². The zero-order valence-corrected chi connectivity index (χ0v) is 10.5. The van der Waals surface area contributed by atoms with Crippen LogP contribution in [0.1, 0.15) is 12.5 Å². The second kappa shape index (κ2) is 6.76. The first-order chi connectivity index (χ1) is 8.49. The smallest absolute Gasteiger partial charge is 0.330 e. The van der Waals surface area contributed by atoms with Gasteiger partial charge in [0.15, 0.2) is 0 Å². The second-order valence-electron chi connectivity index (χ2n) is 3.59. The van der Waals surface area contributed by atoms with Gasteiger partial charge in [0.05, 0.1) is 10.3 Å². The van der Waals surface area contributed by atoms with Gasteiger partial charge >= 0.3 is 5.97 Å². The van der Waals surface area contributed by atoms with Crippen molar-refractivity contribution in [1.82, 2.24) is 0 Å². The second-order valence-corrected chi connectivity index (χ2v) is 4.34. The predicted molar refractivity (Wildman–Crippen MR) is 68.4 cm³/mol. The first-order valence-corrected chi connectivity index (χ1v) is 5.66. The van der Waals surface area contributed by atoms with Crippen molar-refractivity contribution in [1.29, 1.82) is 0 Å². The van der Waals surface area contributed by atoms with Crippen LogP contribution in [0.15, 0.2) is 30.3 Å². The normalized spacial score (nSPS) is 12.3. The summed E-state index contributed by atoms with van der Waals surface area (Å²) in [6.07, 6.45) is 2.77. The number of carbonyl (C=O) groups is 1. The van der Waals surface area contributed by atoms with E-state index >= 15 is 0 Å². The molecule has 0 saturated carbocycles. The van der Waals surface area contributed by atoms with Crippen LogP contribution in [0.2, 0.25) is 0 Å². The zero-order valence-electron chi connectivity index (χ0n) is 9.71. The fourth-order valence-corrected chi connectivity index (χ4v) is 1.18. The Morgan fingerprint density at radius 1 is 1.50 bits per heavy atom. The minimum Gasteiger partial charge on any atom is -0.461 e. The summed E-state index contributed by atoms with van der Waals surface area (Å²) in [6, 6.07) is 5.83. The Morgan fingerprint density at radius 3 is 2.61 bits per heavy atom. The number of ether oxygens (including phenoxy) is 1. The molecule has 0 aliphatic rings. The number of esters is 1. The molecule has 0 N–H and O–H groups in total. The lowest BCUT2D eigenvalue weighted by Crippen LogP contribution is -2.09. The Morgan fingerprint density at radius 2 is 2.11 bits per heavy atom. The van der Waals surface area contributed by atoms with Crippen LogP contribution in [-0.4, -0.2) is 22.9 Å². The van der Waals surface area contributed by atoms with E-state index in [1.165, 1.54) is 24.3 Å². The predicted octanol–water partition coefficient (Wildman–Crippen LogP) is 2.78. The van der Waals surface area contributed by atoms with Gasteiger partial charge in [0.2, 0.25) is 0 Å². The van der Waals surface area contributed by atoms with Crippen molar-refractivity contribution in [2.24, 2.45) is 0 Å². The van der Waals surface area contributed by atoms with Crippen molar-refractivity contribution < 1.29 is 14.5 Å². The van der Waals surface area contributed by atoms with Gasteiger partial charge in [-0.05, 0) is 30.7 Å². The number of nitrogens with zero attached hydrogens (tertiary/aromatic N) is 1. The molecule has 5 nitrogen and oxygen atoms in total. The Labute approximate surface area is 109 Å². The molecule has 1 atom stereocenters. The molecule has 0 saturated heterocycles. The highest BCUT2D eigenvalue weighted by atomic mass is 35.5. The molecule has 0 fully saturated rings. The van der Waals surface area contributed by atoms with Gasteiger partial charge in [-0.1, -0.05) is 0 Å². The minimum absolute atomic E-state index is 0.00527. The van der Waals surface area contributed by atoms with Crippen molar-refractivity contribution in [3.63, 3.8) is 0 Å². The summed E-state index contributed by atoms with van der Waals surface area (Å²) < 4.78 is 4.82. The molecule has 0 radical (unpaired) electrons. The third-order valence-electron chi connectivity index (χ3n) is 1.97. The summed E-state index contributed by atoms with van der Waals surface area (Å²) in [5.41, 5.74) is 0.683. The fourth-order valence-electron chi connectivity index (χ4n) is 1.12. The molecule has 0 aliphatic carbocycles. The number of rotatable bonds is 5. The largest absolute Gasteiger partial charge is 0.461 e. The highest BCUT2D eigenvalue weighted by molar-refractivity contribution is 6.20. The number of non-ortho nitro benzene ring substituents is 1. The molecule has 6 heteroatoms. The minimum atomic E-state index is -0.499. The lowest BCUT2D eigenvalue weighted by molar-refractivity contribution is -0.384. The number of nitro groups is 1. The van der Waals surface area contributed by atoms with Gasteiger partial charge in [-0.25, -0.2) is 4.79 Å². The van der Waals surface area contributed by atoms with Crippen molar-refractivity contribution in [2.45, 2.75) is 12.3 Å². The number of hydrogen-bond acceptors (Lipinski definition) is 4. The molecule has 96 valence electrons. The fraction of sp³-hybridized carbons (Fsp3) is 0.250. The maximum absolute atomic E-state index is 11.2. The lowest BCUT2D eigenvalue weighted by Gasteiger charge is -2.02. The topological polar surface area (TPSA) is 69.4 Å². The third-order valence-corrected chi connectivity index (χ3v) is 2.10. The van der Waals surface area contributed by atoms with Crippen LogP contribution >= 0.6 is 11.6 Å². The summed E-state index contributed by atoms with van der Waals surface area (Å²) >= 11 is 5.62. The molecule has 1 aromatic rings. The molecule has 18 heavy (non-hydrogen) atoms. The summed E-state index contributed by atoms with van der Waals surface area (Å²) in [5, 5.41) is 10.2. The highest BCUT2D eigenvalue weighted by Gasteiger charge is 2.03. The Bertz CT molecular complexity index is 454. The monoisotopic (exact) mass is 269 g/mol. The third kappa shape index (κ3) is 4.97. The molecule has 0 amide bonds. The van der Waals surface area contributed by atoms with E-state index in [0.29, 0.717) is 5.56 Å². The molecule has 1 rings (SSSR count). The zero-order chi connectivity index (χ0) is 13.5. The SMILES string of the molecule is CC(Cl)COC(=O)C=Cc1ccc([N+](=O)[O-])cc1. The molecule has 0 spiro atoms. The molecule has 1 aromatic carbocycles. The maximum atomic E-state index is 11.2. The summed E-state index contributed by atoms with van der Waals surface area (Å²) in [4.78, 5) is 21.2. The van der Waals surface area contributed by atoms with Crippen LogP contribution in [0.5, 0.6) is 0 Å². The molecule has 0 heterocycles. The average molecular weight is 270 g/mol. The first kappa shape index (κ1) is 14.2. The maximum Gasteiger partial charge on any atom is 0.330 e.